The molecule has 2 saturated heterocycles. The summed E-state index contributed by atoms with van der Waals surface area (Å²) in [4.78, 5) is 2.82. The Morgan fingerprint density at radius 2 is 1.79 bits per heavy atom. The van der Waals surface area contributed by atoms with Gasteiger partial charge in [-0.3, -0.25) is 4.90 Å². The second kappa shape index (κ2) is 7.50. The topological polar surface area (TPSA) is 75.4 Å². The van der Waals surface area contributed by atoms with Gasteiger partial charge in [0.05, 0.1) is 4.90 Å². The minimum absolute atomic E-state index is 0.00885. The van der Waals surface area contributed by atoms with Crippen molar-refractivity contribution < 1.29 is 8.42 Å². The van der Waals surface area contributed by atoms with E-state index < -0.39 is 10.0 Å². The minimum Gasteiger partial charge on any atom is -0.399 e. The summed E-state index contributed by atoms with van der Waals surface area (Å²) in [5, 5.41) is 0. The lowest BCUT2D eigenvalue weighted by Gasteiger charge is -2.36. The van der Waals surface area contributed by atoms with E-state index in [0.29, 0.717) is 16.6 Å². The molecule has 0 saturated carbocycles. The maximum Gasteiger partial charge on any atom is 0.241 e. The van der Waals surface area contributed by atoms with Gasteiger partial charge in [-0.25, -0.2) is 13.1 Å². The SMILES string of the molecule is Cc1cc(S(=O)(=O)N[C@H]2CCCN3CCC[C@@H]23)c(C)cc1-c1cccc(N)c1. The molecule has 2 aliphatic heterocycles. The number of nitrogen functional groups attached to an aromatic ring is 1. The number of rotatable bonds is 4. The van der Waals surface area contributed by atoms with Crippen LogP contribution in [0, 0.1) is 13.8 Å². The summed E-state index contributed by atoms with van der Waals surface area (Å²) in [5.74, 6) is 0. The number of nitrogens with one attached hydrogen (secondary N) is 1. The molecule has 0 aromatic heterocycles. The number of hydrogen-bond donors (Lipinski definition) is 2. The molecule has 0 bridgehead atoms. The first-order chi connectivity index (χ1) is 13.3. The lowest BCUT2D eigenvalue weighted by Crippen LogP contribution is -2.52. The van der Waals surface area contributed by atoms with Crippen molar-refractivity contribution >= 4 is 15.7 Å². The first-order valence-electron chi connectivity index (χ1n) is 10.1. The highest BCUT2D eigenvalue weighted by Crippen LogP contribution is 2.31. The Hall–Kier alpha value is -1.89. The second-order valence-corrected chi connectivity index (χ2v) is 9.86. The molecule has 2 heterocycles. The average molecular weight is 400 g/mol. The van der Waals surface area contributed by atoms with E-state index in [1.807, 2.05) is 44.2 Å². The number of anilines is 1. The fraction of sp³-hybridized carbons (Fsp3) is 0.455. The number of nitrogens with zero attached hydrogens (tertiary/aromatic N) is 1. The molecular formula is C22H29N3O2S. The van der Waals surface area contributed by atoms with Gasteiger partial charge in [0.1, 0.15) is 0 Å². The highest BCUT2D eigenvalue weighted by Gasteiger charge is 2.37. The van der Waals surface area contributed by atoms with Gasteiger partial charge in [0, 0.05) is 17.8 Å². The summed E-state index contributed by atoms with van der Waals surface area (Å²) < 4.78 is 29.5. The Kier molecular flexibility index (Phi) is 5.21. The number of sulfonamides is 1. The van der Waals surface area contributed by atoms with Gasteiger partial charge in [-0.05, 0) is 99.1 Å². The molecule has 2 atom stereocenters. The Labute approximate surface area is 168 Å². The molecule has 0 unspecified atom stereocenters. The number of benzene rings is 2. The summed E-state index contributed by atoms with van der Waals surface area (Å²) in [7, 11) is -3.56. The number of fused-ring (bicyclic) bond motifs is 1. The number of piperidine rings is 1. The Morgan fingerprint density at radius 1 is 1.04 bits per heavy atom. The quantitative estimate of drug-likeness (QED) is 0.772. The van der Waals surface area contributed by atoms with Crippen molar-refractivity contribution in [2.45, 2.75) is 56.5 Å². The van der Waals surface area contributed by atoms with Crippen molar-refractivity contribution in [2.75, 3.05) is 18.8 Å². The van der Waals surface area contributed by atoms with Crippen LogP contribution in [0.4, 0.5) is 5.69 Å². The predicted octanol–water partition coefficient (Wildman–Crippen LogP) is 3.46. The second-order valence-electron chi connectivity index (χ2n) is 8.17. The number of hydrogen-bond acceptors (Lipinski definition) is 4. The monoisotopic (exact) mass is 399 g/mol. The summed E-state index contributed by atoms with van der Waals surface area (Å²) >= 11 is 0. The summed E-state index contributed by atoms with van der Waals surface area (Å²) in [6.07, 6.45) is 4.21. The molecule has 2 aromatic carbocycles. The van der Waals surface area contributed by atoms with E-state index in [0.717, 1.165) is 61.0 Å². The molecule has 6 heteroatoms. The lowest BCUT2D eigenvalue weighted by atomic mass is 9.97. The number of nitrogens with two attached hydrogens (primary N) is 1. The molecule has 0 amide bonds. The maximum absolute atomic E-state index is 13.2. The van der Waals surface area contributed by atoms with E-state index in [1.165, 1.54) is 0 Å². The van der Waals surface area contributed by atoms with Crippen LogP contribution in [-0.4, -0.2) is 38.5 Å². The summed E-state index contributed by atoms with van der Waals surface area (Å²) in [5.41, 5.74) is 10.3. The van der Waals surface area contributed by atoms with Crippen molar-refractivity contribution in [3.05, 3.63) is 47.5 Å². The molecule has 2 aliphatic rings. The molecule has 0 aliphatic carbocycles. The third kappa shape index (κ3) is 3.69. The molecule has 28 heavy (non-hydrogen) atoms. The van der Waals surface area contributed by atoms with Gasteiger partial charge in [-0.1, -0.05) is 12.1 Å². The lowest BCUT2D eigenvalue weighted by molar-refractivity contribution is 0.166. The van der Waals surface area contributed by atoms with Crippen molar-refractivity contribution in [1.82, 2.24) is 9.62 Å². The predicted molar refractivity (Wildman–Crippen MR) is 114 cm³/mol. The zero-order valence-electron chi connectivity index (χ0n) is 16.6. The zero-order chi connectivity index (χ0) is 19.9. The van der Waals surface area contributed by atoms with Crippen molar-refractivity contribution in [2.24, 2.45) is 0 Å². The molecule has 0 radical (unpaired) electrons. The van der Waals surface area contributed by atoms with Gasteiger partial charge in [-0.2, -0.15) is 0 Å². The van der Waals surface area contributed by atoms with Crippen LogP contribution in [0.5, 0.6) is 0 Å². The normalized spacial score (nSPS) is 22.9. The van der Waals surface area contributed by atoms with Crippen molar-refractivity contribution in [1.29, 1.82) is 0 Å². The summed E-state index contributed by atoms with van der Waals surface area (Å²) in [6.45, 7) is 6.01. The van der Waals surface area contributed by atoms with Gasteiger partial charge in [0.2, 0.25) is 10.0 Å². The average Bonchev–Trinajstić information content (AvgIpc) is 3.13. The highest BCUT2D eigenvalue weighted by atomic mass is 32.2. The first kappa shape index (κ1) is 19.4. The van der Waals surface area contributed by atoms with Crippen LogP contribution in [-0.2, 0) is 10.0 Å². The van der Waals surface area contributed by atoms with Gasteiger partial charge in [0.15, 0.2) is 0 Å². The van der Waals surface area contributed by atoms with Gasteiger partial charge < -0.3 is 5.73 Å². The van der Waals surface area contributed by atoms with E-state index in [1.54, 1.807) is 6.07 Å². The standard InChI is InChI=1S/C22H29N3O2S/c1-15-13-22(16(2)12-19(15)17-6-3-7-18(23)14-17)28(26,27)24-20-8-4-10-25-11-5-9-21(20)25/h3,6-7,12-14,20-21,24H,4-5,8-11,23H2,1-2H3/t20-,21-/m0/s1. The molecule has 4 rings (SSSR count). The molecule has 5 nitrogen and oxygen atoms in total. The smallest absolute Gasteiger partial charge is 0.241 e. The third-order valence-corrected chi connectivity index (χ3v) is 7.79. The fourth-order valence-corrected chi connectivity index (χ4v) is 6.40. The molecule has 150 valence electrons. The van der Waals surface area contributed by atoms with Crippen LogP contribution < -0.4 is 10.5 Å². The van der Waals surface area contributed by atoms with Gasteiger partial charge in [0.25, 0.3) is 0 Å². The van der Waals surface area contributed by atoms with E-state index in [9.17, 15) is 8.42 Å². The largest absolute Gasteiger partial charge is 0.399 e. The van der Waals surface area contributed by atoms with Crippen molar-refractivity contribution in [3.8, 4) is 11.1 Å². The van der Waals surface area contributed by atoms with E-state index in [4.69, 9.17) is 5.73 Å². The Bertz CT molecular complexity index is 987. The summed E-state index contributed by atoms with van der Waals surface area (Å²) in [6, 6.07) is 11.8. The van der Waals surface area contributed by atoms with Gasteiger partial charge >= 0.3 is 0 Å². The van der Waals surface area contributed by atoms with Crippen LogP contribution in [0.2, 0.25) is 0 Å². The van der Waals surface area contributed by atoms with Crippen LogP contribution in [0.25, 0.3) is 11.1 Å². The number of aryl methyl sites for hydroxylation is 2. The van der Waals surface area contributed by atoms with Crippen LogP contribution in [0.3, 0.4) is 0 Å². The van der Waals surface area contributed by atoms with Gasteiger partial charge in [-0.15, -0.1) is 0 Å². The molecule has 2 aromatic rings. The molecular weight excluding hydrogens is 370 g/mol. The van der Waals surface area contributed by atoms with Crippen LogP contribution in [0.1, 0.15) is 36.8 Å². The highest BCUT2D eigenvalue weighted by molar-refractivity contribution is 7.89. The maximum atomic E-state index is 13.2. The first-order valence-corrected chi connectivity index (χ1v) is 11.6. The van der Waals surface area contributed by atoms with E-state index in [-0.39, 0.29) is 6.04 Å². The van der Waals surface area contributed by atoms with E-state index >= 15 is 0 Å². The fourth-order valence-electron chi connectivity index (χ4n) is 4.79. The molecule has 0 spiro atoms. The Morgan fingerprint density at radius 3 is 2.54 bits per heavy atom. The van der Waals surface area contributed by atoms with E-state index in [2.05, 4.69) is 9.62 Å². The zero-order valence-corrected chi connectivity index (χ0v) is 17.4. The third-order valence-electron chi connectivity index (χ3n) is 6.15. The molecule has 3 N–H and O–H groups in total. The van der Waals surface area contributed by atoms with Crippen LogP contribution >= 0.6 is 0 Å². The van der Waals surface area contributed by atoms with Crippen LogP contribution in [0.15, 0.2) is 41.3 Å². The Balaban J connectivity index is 1.64. The minimum atomic E-state index is -3.56. The van der Waals surface area contributed by atoms with Crippen molar-refractivity contribution in [3.63, 3.8) is 0 Å². The molecule has 2 fully saturated rings.